The van der Waals surface area contributed by atoms with E-state index in [4.69, 9.17) is 9.47 Å². The molecular formula is C10H19NO2. The monoisotopic (exact) mass is 185 g/mol. The van der Waals surface area contributed by atoms with Crippen molar-refractivity contribution >= 4 is 0 Å². The lowest BCUT2D eigenvalue weighted by atomic mass is 10.2. The molecule has 76 valence electrons. The minimum atomic E-state index is 0.221. The van der Waals surface area contributed by atoms with Gasteiger partial charge in [0.2, 0.25) is 0 Å². The molecule has 0 aromatic rings. The van der Waals surface area contributed by atoms with Gasteiger partial charge in [-0.2, -0.15) is 0 Å². The van der Waals surface area contributed by atoms with Gasteiger partial charge >= 0.3 is 0 Å². The summed E-state index contributed by atoms with van der Waals surface area (Å²) in [7, 11) is 0. The van der Waals surface area contributed by atoms with E-state index in [2.05, 4.69) is 18.8 Å². The molecule has 1 unspecified atom stereocenters. The molecule has 0 saturated carbocycles. The van der Waals surface area contributed by atoms with Crippen molar-refractivity contribution in [1.29, 1.82) is 0 Å². The summed E-state index contributed by atoms with van der Waals surface area (Å²) in [5, 5.41) is 3.26. The maximum atomic E-state index is 5.48. The van der Waals surface area contributed by atoms with E-state index in [-0.39, 0.29) is 6.10 Å². The molecule has 0 aliphatic carbocycles. The molecule has 0 radical (unpaired) electrons. The van der Waals surface area contributed by atoms with Crippen LogP contribution in [0.1, 0.15) is 13.3 Å². The molecule has 1 aliphatic rings. The van der Waals surface area contributed by atoms with E-state index in [1.165, 1.54) is 0 Å². The average molecular weight is 185 g/mol. The van der Waals surface area contributed by atoms with Crippen molar-refractivity contribution in [2.45, 2.75) is 19.4 Å². The van der Waals surface area contributed by atoms with Gasteiger partial charge in [0.25, 0.3) is 0 Å². The lowest BCUT2D eigenvalue weighted by molar-refractivity contribution is -0.0270. The first-order chi connectivity index (χ1) is 6.33. The van der Waals surface area contributed by atoms with Gasteiger partial charge in [-0.05, 0) is 6.42 Å². The van der Waals surface area contributed by atoms with Gasteiger partial charge in [0.05, 0.1) is 25.9 Å². The van der Waals surface area contributed by atoms with Crippen LogP contribution < -0.4 is 5.32 Å². The second kappa shape index (κ2) is 6.13. The normalized spacial score (nSPS) is 23.0. The molecule has 1 saturated heterocycles. The first-order valence-corrected chi connectivity index (χ1v) is 4.89. The highest BCUT2D eigenvalue weighted by Crippen LogP contribution is 2.00. The van der Waals surface area contributed by atoms with Crippen molar-refractivity contribution in [1.82, 2.24) is 5.32 Å². The molecule has 1 atom stereocenters. The van der Waals surface area contributed by atoms with Crippen LogP contribution in [0.4, 0.5) is 0 Å². The molecule has 1 N–H and O–H groups in total. The predicted octanol–water partition coefficient (Wildman–Crippen LogP) is 0.958. The Morgan fingerprint density at radius 1 is 1.69 bits per heavy atom. The van der Waals surface area contributed by atoms with Crippen LogP contribution in [0.15, 0.2) is 12.2 Å². The van der Waals surface area contributed by atoms with E-state index in [0.29, 0.717) is 13.2 Å². The third kappa shape index (κ3) is 4.41. The highest BCUT2D eigenvalue weighted by Gasteiger charge is 2.12. The molecule has 0 bridgehead atoms. The highest BCUT2D eigenvalue weighted by atomic mass is 16.5. The van der Waals surface area contributed by atoms with Gasteiger partial charge in [0, 0.05) is 13.1 Å². The third-order valence-corrected chi connectivity index (χ3v) is 2.11. The number of hydrogen-bond donors (Lipinski definition) is 1. The summed E-state index contributed by atoms with van der Waals surface area (Å²) in [4.78, 5) is 0. The molecular weight excluding hydrogens is 166 g/mol. The Morgan fingerprint density at radius 2 is 2.54 bits per heavy atom. The van der Waals surface area contributed by atoms with E-state index >= 15 is 0 Å². The van der Waals surface area contributed by atoms with Crippen molar-refractivity contribution in [3.05, 3.63) is 12.2 Å². The van der Waals surface area contributed by atoms with E-state index in [9.17, 15) is 0 Å². The molecule has 0 aromatic heterocycles. The zero-order chi connectivity index (χ0) is 9.52. The van der Waals surface area contributed by atoms with Crippen molar-refractivity contribution < 1.29 is 9.47 Å². The third-order valence-electron chi connectivity index (χ3n) is 2.11. The Balaban J connectivity index is 2.01. The minimum absolute atomic E-state index is 0.221. The summed E-state index contributed by atoms with van der Waals surface area (Å²) in [6, 6.07) is 0. The summed E-state index contributed by atoms with van der Waals surface area (Å²) >= 11 is 0. The Bertz CT molecular complexity index is 153. The van der Waals surface area contributed by atoms with Crippen LogP contribution in [-0.4, -0.2) is 39.0 Å². The van der Waals surface area contributed by atoms with Crippen molar-refractivity contribution in [2.24, 2.45) is 0 Å². The summed E-state index contributed by atoms with van der Waals surface area (Å²) in [6.07, 6.45) is 1.21. The van der Waals surface area contributed by atoms with Crippen molar-refractivity contribution in [3.63, 3.8) is 0 Å². The lowest BCUT2D eigenvalue weighted by Gasteiger charge is -2.23. The van der Waals surface area contributed by atoms with Gasteiger partial charge in [-0.1, -0.05) is 19.1 Å². The highest BCUT2D eigenvalue weighted by molar-refractivity contribution is 4.92. The van der Waals surface area contributed by atoms with Gasteiger partial charge in [0.1, 0.15) is 0 Å². The fraction of sp³-hybridized carbons (Fsp3) is 0.800. The summed E-state index contributed by atoms with van der Waals surface area (Å²) in [6.45, 7) is 9.95. The predicted molar refractivity (Wildman–Crippen MR) is 52.9 cm³/mol. The van der Waals surface area contributed by atoms with E-state index < -0.39 is 0 Å². The Labute approximate surface area is 80.1 Å². The molecule has 0 aromatic carbocycles. The molecule has 3 heteroatoms. The van der Waals surface area contributed by atoms with Gasteiger partial charge in [0.15, 0.2) is 0 Å². The van der Waals surface area contributed by atoms with Crippen LogP contribution in [0.25, 0.3) is 0 Å². The molecule has 13 heavy (non-hydrogen) atoms. The second-order valence-corrected chi connectivity index (χ2v) is 3.32. The zero-order valence-corrected chi connectivity index (χ0v) is 8.34. The molecule has 1 rings (SSSR count). The molecule has 0 spiro atoms. The Morgan fingerprint density at radius 3 is 3.15 bits per heavy atom. The first kappa shape index (κ1) is 10.7. The fourth-order valence-corrected chi connectivity index (χ4v) is 1.16. The van der Waals surface area contributed by atoms with E-state index in [1.807, 2.05) is 0 Å². The van der Waals surface area contributed by atoms with Gasteiger partial charge in [-0.3, -0.25) is 0 Å². The average Bonchev–Trinajstić information content (AvgIpc) is 2.19. The van der Waals surface area contributed by atoms with Crippen LogP contribution in [0, 0.1) is 0 Å². The Kier molecular flexibility index (Phi) is 5.05. The summed E-state index contributed by atoms with van der Waals surface area (Å²) in [5.74, 6) is 0. The van der Waals surface area contributed by atoms with Gasteiger partial charge < -0.3 is 14.8 Å². The van der Waals surface area contributed by atoms with Crippen LogP contribution in [0.5, 0.6) is 0 Å². The number of ether oxygens (including phenoxy) is 2. The second-order valence-electron chi connectivity index (χ2n) is 3.32. The lowest BCUT2D eigenvalue weighted by Crippen LogP contribution is -2.41. The minimum Gasteiger partial charge on any atom is -0.374 e. The largest absolute Gasteiger partial charge is 0.374 e. The first-order valence-electron chi connectivity index (χ1n) is 4.89. The van der Waals surface area contributed by atoms with Crippen LogP contribution in [0.2, 0.25) is 0 Å². The fourth-order valence-electron chi connectivity index (χ4n) is 1.16. The standard InChI is InChI=1S/C10H19NO2/c1-3-9(2)7-12-8-10-6-11-4-5-13-10/h10-11H,2-8H2,1H3. The Hall–Kier alpha value is -0.380. The van der Waals surface area contributed by atoms with Gasteiger partial charge in [-0.15, -0.1) is 0 Å². The van der Waals surface area contributed by atoms with E-state index in [1.54, 1.807) is 0 Å². The van der Waals surface area contributed by atoms with Crippen molar-refractivity contribution in [2.75, 3.05) is 32.9 Å². The van der Waals surface area contributed by atoms with Crippen LogP contribution >= 0.6 is 0 Å². The maximum Gasteiger partial charge on any atom is 0.0933 e. The molecule has 0 amide bonds. The number of hydrogen-bond acceptors (Lipinski definition) is 3. The number of morpholine rings is 1. The van der Waals surface area contributed by atoms with E-state index in [0.717, 1.165) is 31.7 Å². The molecule has 1 aliphatic heterocycles. The zero-order valence-electron chi connectivity index (χ0n) is 8.34. The molecule has 3 nitrogen and oxygen atoms in total. The van der Waals surface area contributed by atoms with Crippen LogP contribution in [0.3, 0.4) is 0 Å². The molecule has 1 fully saturated rings. The maximum absolute atomic E-state index is 5.48. The quantitative estimate of drug-likeness (QED) is 0.647. The topological polar surface area (TPSA) is 30.5 Å². The summed E-state index contributed by atoms with van der Waals surface area (Å²) in [5.41, 5.74) is 1.14. The van der Waals surface area contributed by atoms with Crippen molar-refractivity contribution in [3.8, 4) is 0 Å². The number of rotatable bonds is 5. The summed E-state index contributed by atoms with van der Waals surface area (Å²) < 4.78 is 10.9. The number of nitrogens with one attached hydrogen (secondary N) is 1. The molecule has 1 heterocycles. The van der Waals surface area contributed by atoms with Gasteiger partial charge in [-0.25, -0.2) is 0 Å². The van der Waals surface area contributed by atoms with Crippen LogP contribution in [-0.2, 0) is 9.47 Å². The smallest absolute Gasteiger partial charge is 0.0933 e. The SMILES string of the molecule is C=C(CC)COCC1CNCCO1.